The van der Waals surface area contributed by atoms with E-state index in [0.717, 1.165) is 25.3 Å². The van der Waals surface area contributed by atoms with Crippen molar-refractivity contribution in [2.24, 2.45) is 0 Å². The van der Waals surface area contributed by atoms with E-state index in [0.29, 0.717) is 12.7 Å². The van der Waals surface area contributed by atoms with Crippen LogP contribution in [0, 0.1) is 20.2 Å². The lowest BCUT2D eigenvalue weighted by molar-refractivity contribution is -0.394. The van der Waals surface area contributed by atoms with Gasteiger partial charge in [0.1, 0.15) is 5.02 Å². The minimum atomic E-state index is -0.879. The fraction of sp³-hybridized carbons (Fsp3) is 0.500. The van der Waals surface area contributed by atoms with Crippen molar-refractivity contribution in [3.63, 3.8) is 0 Å². The summed E-state index contributed by atoms with van der Waals surface area (Å²) < 4.78 is 10.8. The first-order valence-electron chi connectivity index (χ1n) is 7.54. The molecule has 1 amide bonds. The number of nitro benzene ring substituents is 2. The Balaban J connectivity index is 2.00. The predicted molar refractivity (Wildman–Crippen MR) is 86.6 cm³/mol. The molecule has 2 rings (SSSR count). The Kier molecular flexibility index (Phi) is 6.62. The molecule has 1 atom stereocenters. The molecule has 0 saturated carbocycles. The van der Waals surface area contributed by atoms with Crippen LogP contribution in [0.3, 0.4) is 0 Å². The summed E-state index contributed by atoms with van der Waals surface area (Å²) in [5, 5.41) is 23.8. The number of carbonyl (C=O) groups excluding carboxylic acids is 1. The average Bonchev–Trinajstić information content (AvgIpc) is 2.59. The van der Waals surface area contributed by atoms with Crippen LogP contribution in [0.1, 0.15) is 29.6 Å². The average molecular weight is 374 g/mol. The van der Waals surface area contributed by atoms with Crippen LogP contribution in [0.25, 0.3) is 0 Å². The fourth-order valence-corrected chi connectivity index (χ4v) is 2.55. The molecule has 1 saturated heterocycles. The van der Waals surface area contributed by atoms with Crippen molar-refractivity contribution in [3.05, 3.63) is 42.9 Å². The van der Waals surface area contributed by atoms with E-state index in [-0.39, 0.29) is 25.0 Å². The Morgan fingerprint density at radius 2 is 2.08 bits per heavy atom. The van der Waals surface area contributed by atoms with Gasteiger partial charge in [0.2, 0.25) is 0 Å². The molecule has 1 heterocycles. The molecule has 0 aromatic heterocycles. The maximum Gasteiger partial charge on any atom is 0.295 e. The zero-order valence-electron chi connectivity index (χ0n) is 13.1. The lowest BCUT2D eigenvalue weighted by Gasteiger charge is -2.22. The molecule has 1 unspecified atom stereocenters. The highest BCUT2D eigenvalue weighted by Gasteiger charge is 2.26. The summed E-state index contributed by atoms with van der Waals surface area (Å²) in [7, 11) is 0. The maximum absolute atomic E-state index is 12.1. The molecule has 1 aromatic rings. The molecular formula is C14H16ClN3O7. The largest absolute Gasteiger partial charge is 0.353 e. The van der Waals surface area contributed by atoms with Crippen molar-refractivity contribution in [1.29, 1.82) is 0 Å². The summed E-state index contributed by atoms with van der Waals surface area (Å²) >= 11 is 5.83. The smallest absolute Gasteiger partial charge is 0.295 e. The number of benzene rings is 1. The third-order valence-corrected chi connectivity index (χ3v) is 3.92. The second-order valence-corrected chi connectivity index (χ2v) is 5.64. The molecule has 0 bridgehead atoms. The van der Waals surface area contributed by atoms with Crippen LogP contribution in [0.15, 0.2) is 12.1 Å². The zero-order chi connectivity index (χ0) is 18.4. The number of amides is 1. The van der Waals surface area contributed by atoms with Gasteiger partial charge in [-0.3, -0.25) is 25.0 Å². The van der Waals surface area contributed by atoms with E-state index in [2.05, 4.69) is 5.32 Å². The standard InChI is InChI=1S/C14H16ClN3O7/c15-13-10(7-9(17(20)21)8-11(13)18(22)23)14(19)16-4-6-25-12-3-1-2-5-24-12/h7-8,12H,1-6H2,(H,16,19)/i14+0. The van der Waals surface area contributed by atoms with Crippen LogP contribution in [-0.4, -0.2) is 41.8 Å². The topological polar surface area (TPSA) is 134 Å². The van der Waals surface area contributed by atoms with E-state index < -0.39 is 32.2 Å². The van der Waals surface area contributed by atoms with Crippen LogP contribution < -0.4 is 5.32 Å². The van der Waals surface area contributed by atoms with E-state index in [1.165, 1.54) is 0 Å². The molecule has 0 spiro atoms. The molecule has 0 radical (unpaired) electrons. The molecule has 0 aliphatic carbocycles. The highest BCUT2D eigenvalue weighted by molar-refractivity contribution is 6.36. The van der Waals surface area contributed by atoms with E-state index in [1.54, 1.807) is 0 Å². The Bertz CT molecular complexity index is 677. The third-order valence-electron chi connectivity index (χ3n) is 3.52. The van der Waals surface area contributed by atoms with Gasteiger partial charge in [-0.25, -0.2) is 0 Å². The molecular weight excluding hydrogens is 358 g/mol. The minimum absolute atomic E-state index is 0.103. The zero-order valence-corrected chi connectivity index (χ0v) is 13.9. The number of hydrogen-bond donors (Lipinski definition) is 1. The number of rotatable bonds is 7. The number of nitrogens with one attached hydrogen (secondary N) is 1. The fourth-order valence-electron chi connectivity index (χ4n) is 2.29. The van der Waals surface area contributed by atoms with Crippen LogP contribution in [-0.2, 0) is 9.47 Å². The monoisotopic (exact) mass is 373 g/mol. The van der Waals surface area contributed by atoms with Gasteiger partial charge in [0.15, 0.2) is 6.29 Å². The number of ether oxygens (including phenoxy) is 2. The van der Waals surface area contributed by atoms with E-state index in [9.17, 15) is 25.0 Å². The summed E-state index contributed by atoms with van der Waals surface area (Å²) in [5.41, 5.74) is -1.63. The van der Waals surface area contributed by atoms with E-state index >= 15 is 0 Å². The molecule has 1 aromatic carbocycles. The second-order valence-electron chi connectivity index (χ2n) is 5.26. The normalized spacial score (nSPS) is 17.1. The Labute approximate surface area is 147 Å². The summed E-state index contributed by atoms with van der Waals surface area (Å²) in [6, 6.07) is 1.61. The summed E-state index contributed by atoms with van der Waals surface area (Å²) in [6.07, 6.45) is 2.45. The molecule has 25 heavy (non-hydrogen) atoms. The highest BCUT2D eigenvalue weighted by Crippen LogP contribution is 2.32. The van der Waals surface area contributed by atoms with Crippen molar-refractivity contribution < 1.29 is 24.1 Å². The van der Waals surface area contributed by atoms with Crippen LogP contribution >= 0.6 is 11.6 Å². The van der Waals surface area contributed by atoms with Gasteiger partial charge in [-0.2, -0.15) is 0 Å². The predicted octanol–water partition coefficient (Wildman–Crippen LogP) is 2.43. The second kappa shape index (κ2) is 8.70. The summed E-state index contributed by atoms with van der Waals surface area (Å²) in [4.78, 5) is 32.2. The number of hydrogen-bond acceptors (Lipinski definition) is 7. The van der Waals surface area contributed by atoms with Crippen molar-refractivity contribution in [3.8, 4) is 0 Å². The van der Waals surface area contributed by atoms with Crippen molar-refractivity contribution >= 4 is 28.9 Å². The lowest BCUT2D eigenvalue weighted by Crippen LogP contribution is -2.30. The number of non-ortho nitro benzene ring substituents is 1. The molecule has 11 heteroatoms. The van der Waals surface area contributed by atoms with Gasteiger partial charge in [0.05, 0.1) is 28.1 Å². The van der Waals surface area contributed by atoms with Gasteiger partial charge in [0, 0.05) is 19.2 Å². The van der Waals surface area contributed by atoms with Gasteiger partial charge in [-0.15, -0.1) is 0 Å². The Hall–Kier alpha value is -2.30. The molecule has 1 aliphatic rings. The number of carbonyl (C=O) groups is 1. The van der Waals surface area contributed by atoms with Gasteiger partial charge in [-0.05, 0) is 19.3 Å². The van der Waals surface area contributed by atoms with Gasteiger partial charge >= 0.3 is 0 Å². The van der Waals surface area contributed by atoms with Gasteiger partial charge < -0.3 is 14.8 Å². The Morgan fingerprint density at radius 1 is 1.32 bits per heavy atom. The first-order valence-corrected chi connectivity index (χ1v) is 7.91. The first kappa shape index (κ1) is 19.0. The molecule has 136 valence electrons. The minimum Gasteiger partial charge on any atom is -0.353 e. The van der Waals surface area contributed by atoms with Gasteiger partial charge in [0.25, 0.3) is 17.3 Å². The Morgan fingerprint density at radius 3 is 2.68 bits per heavy atom. The number of nitrogens with zero attached hydrogens (tertiary/aromatic N) is 2. The van der Waals surface area contributed by atoms with Crippen LogP contribution in [0.2, 0.25) is 5.02 Å². The van der Waals surface area contributed by atoms with E-state index in [1.807, 2.05) is 0 Å². The van der Waals surface area contributed by atoms with Gasteiger partial charge in [-0.1, -0.05) is 11.6 Å². The highest BCUT2D eigenvalue weighted by atomic mass is 35.5. The maximum atomic E-state index is 12.1. The number of nitro groups is 2. The molecule has 1 N–H and O–H groups in total. The number of halogens is 1. The van der Waals surface area contributed by atoms with Crippen LogP contribution in [0.5, 0.6) is 0 Å². The van der Waals surface area contributed by atoms with Crippen molar-refractivity contribution in [2.45, 2.75) is 25.6 Å². The quantitative estimate of drug-likeness (QED) is 0.440. The molecule has 1 aliphatic heterocycles. The van der Waals surface area contributed by atoms with Crippen molar-refractivity contribution in [1.82, 2.24) is 5.32 Å². The molecule has 1 fully saturated rings. The van der Waals surface area contributed by atoms with Crippen LogP contribution in [0.4, 0.5) is 11.4 Å². The van der Waals surface area contributed by atoms with Crippen molar-refractivity contribution in [2.75, 3.05) is 19.8 Å². The van der Waals surface area contributed by atoms with E-state index in [4.69, 9.17) is 21.1 Å². The summed E-state index contributed by atoms with van der Waals surface area (Å²) in [5.74, 6) is -0.759. The summed E-state index contributed by atoms with van der Waals surface area (Å²) in [6.45, 7) is 0.903. The SMILES string of the molecule is O=[12C](NCCOC1CCCCO1)c1cc([N+](=O)[O-])cc([N+](=O)[O-])c1Cl. The third kappa shape index (κ3) is 5.08. The molecule has 10 nitrogen and oxygen atoms in total. The lowest BCUT2D eigenvalue weighted by atomic mass is 10.1. The first-order chi connectivity index (χ1) is 11.9.